The Morgan fingerprint density at radius 2 is 2.14 bits per heavy atom. The first-order chi connectivity index (χ1) is 6.56. The van der Waals surface area contributed by atoms with Gasteiger partial charge in [0.05, 0.1) is 11.4 Å². The van der Waals surface area contributed by atoms with Gasteiger partial charge in [-0.1, -0.05) is 13.3 Å². The van der Waals surface area contributed by atoms with E-state index in [-0.39, 0.29) is 11.5 Å². The molecule has 0 saturated carbocycles. The van der Waals surface area contributed by atoms with Crippen molar-refractivity contribution in [1.29, 1.82) is 0 Å². The van der Waals surface area contributed by atoms with Gasteiger partial charge in [0, 0.05) is 0 Å². The highest BCUT2D eigenvalue weighted by Gasteiger charge is 2.15. The molecule has 14 heavy (non-hydrogen) atoms. The first kappa shape index (κ1) is 10.4. The summed E-state index contributed by atoms with van der Waals surface area (Å²) in [5.41, 5.74) is 6.57. The van der Waals surface area contributed by atoms with Crippen LogP contribution < -0.4 is 5.73 Å². The Balaban J connectivity index is 3.28. The highest BCUT2D eigenvalue weighted by atomic mass is 16.4. The molecular formula is C9H13N3O2. The predicted molar refractivity (Wildman–Crippen MR) is 52.1 cm³/mol. The highest BCUT2D eigenvalue weighted by molar-refractivity contribution is 5.90. The number of carboxylic acid groups (broad SMARTS) is 1. The van der Waals surface area contributed by atoms with Gasteiger partial charge in [-0.15, -0.1) is 0 Å². The zero-order valence-corrected chi connectivity index (χ0v) is 8.24. The average Bonchev–Trinajstić information content (AvgIpc) is 2.01. The minimum Gasteiger partial charge on any atom is -0.478 e. The number of aromatic carboxylic acids is 1. The normalized spacial score (nSPS) is 10.1. The Morgan fingerprint density at radius 1 is 1.50 bits per heavy atom. The third kappa shape index (κ3) is 1.99. The van der Waals surface area contributed by atoms with E-state index in [1.54, 1.807) is 6.92 Å². The first-order valence-corrected chi connectivity index (χ1v) is 4.42. The van der Waals surface area contributed by atoms with Crippen LogP contribution in [0, 0.1) is 6.92 Å². The number of nitrogens with zero attached hydrogens (tertiary/aromatic N) is 2. The van der Waals surface area contributed by atoms with E-state index in [1.165, 1.54) is 0 Å². The third-order valence-electron chi connectivity index (χ3n) is 1.88. The number of hydrogen-bond donors (Lipinski definition) is 2. The zero-order chi connectivity index (χ0) is 10.7. The summed E-state index contributed by atoms with van der Waals surface area (Å²) in [5, 5.41) is 8.94. The second kappa shape index (κ2) is 4.04. The van der Waals surface area contributed by atoms with Crippen molar-refractivity contribution < 1.29 is 9.90 Å². The van der Waals surface area contributed by atoms with E-state index >= 15 is 0 Å². The summed E-state index contributed by atoms with van der Waals surface area (Å²) in [6.45, 7) is 3.58. The van der Waals surface area contributed by atoms with E-state index in [9.17, 15) is 4.79 Å². The number of rotatable bonds is 3. The number of aryl methyl sites for hydroxylation is 2. The van der Waals surface area contributed by atoms with Crippen molar-refractivity contribution in [3.63, 3.8) is 0 Å². The number of nitrogens with two attached hydrogens (primary N) is 1. The van der Waals surface area contributed by atoms with Crippen LogP contribution in [0.1, 0.15) is 35.1 Å². The molecule has 0 unspecified atom stereocenters. The van der Waals surface area contributed by atoms with Gasteiger partial charge in [-0.3, -0.25) is 0 Å². The van der Waals surface area contributed by atoms with Gasteiger partial charge in [-0.2, -0.15) is 0 Å². The smallest absolute Gasteiger partial charge is 0.339 e. The minimum absolute atomic E-state index is 0.135. The van der Waals surface area contributed by atoms with Crippen LogP contribution in [0.4, 0.5) is 5.95 Å². The largest absolute Gasteiger partial charge is 0.478 e. The van der Waals surface area contributed by atoms with Gasteiger partial charge in [0.25, 0.3) is 0 Å². The molecule has 1 aromatic rings. The molecule has 0 aliphatic heterocycles. The molecule has 0 saturated heterocycles. The summed E-state index contributed by atoms with van der Waals surface area (Å²) >= 11 is 0. The zero-order valence-electron chi connectivity index (χ0n) is 8.24. The number of carboxylic acids is 1. The number of nitrogen functional groups attached to an aromatic ring is 1. The van der Waals surface area contributed by atoms with Gasteiger partial charge in [0.15, 0.2) is 0 Å². The van der Waals surface area contributed by atoms with Crippen molar-refractivity contribution in [2.45, 2.75) is 26.7 Å². The van der Waals surface area contributed by atoms with Gasteiger partial charge in [-0.25, -0.2) is 14.8 Å². The Hall–Kier alpha value is -1.65. The van der Waals surface area contributed by atoms with Crippen LogP contribution >= 0.6 is 0 Å². The molecule has 76 valence electrons. The van der Waals surface area contributed by atoms with Crippen LogP contribution in [0.15, 0.2) is 0 Å². The fraction of sp³-hybridized carbons (Fsp3) is 0.444. The molecule has 0 fully saturated rings. The number of aromatic nitrogens is 2. The van der Waals surface area contributed by atoms with Crippen LogP contribution in [0.25, 0.3) is 0 Å². The van der Waals surface area contributed by atoms with Crippen molar-refractivity contribution in [2.75, 3.05) is 5.73 Å². The molecule has 5 heteroatoms. The van der Waals surface area contributed by atoms with Crippen molar-refractivity contribution in [3.05, 3.63) is 17.0 Å². The third-order valence-corrected chi connectivity index (χ3v) is 1.88. The van der Waals surface area contributed by atoms with Crippen LogP contribution in [-0.4, -0.2) is 21.0 Å². The molecule has 1 heterocycles. The van der Waals surface area contributed by atoms with Crippen molar-refractivity contribution in [2.24, 2.45) is 0 Å². The molecule has 0 bridgehead atoms. The lowest BCUT2D eigenvalue weighted by molar-refractivity contribution is 0.0694. The fourth-order valence-corrected chi connectivity index (χ4v) is 1.35. The number of anilines is 1. The van der Waals surface area contributed by atoms with Crippen molar-refractivity contribution in [3.8, 4) is 0 Å². The highest BCUT2D eigenvalue weighted by Crippen LogP contribution is 2.13. The molecule has 5 nitrogen and oxygen atoms in total. The van der Waals surface area contributed by atoms with Crippen LogP contribution in [-0.2, 0) is 6.42 Å². The maximum atomic E-state index is 10.9. The number of carbonyl (C=O) groups is 1. The maximum Gasteiger partial charge on any atom is 0.339 e. The Bertz CT molecular complexity index is 363. The van der Waals surface area contributed by atoms with Gasteiger partial charge in [0.1, 0.15) is 5.56 Å². The second-order valence-electron chi connectivity index (χ2n) is 3.04. The molecule has 0 spiro atoms. The van der Waals surface area contributed by atoms with E-state index in [4.69, 9.17) is 10.8 Å². The summed E-state index contributed by atoms with van der Waals surface area (Å²) < 4.78 is 0. The van der Waals surface area contributed by atoms with Crippen LogP contribution in [0.5, 0.6) is 0 Å². The quantitative estimate of drug-likeness (QED) is 0.751. The van der Waals surface area contributed by atoms with Gasteiger partial charge < -0.3 is 10.8 Å². The standard InChI is InChI=1S/C9H13N3O2/c1-3-4-6-7(8(13)14)5(2)11-9(10)12-6/h3-4H2,1-2H3,(H,13,14)(H2,10,11,12). The lowest BCUT2D eigenvalue weighted by Gasteiger charge is -2.07. The molecular weight excluding hydrogens is 182 g/mol. The van der Waals surface area contributed by atoms with Crippen molar-refractivity contribution >= 4 is 11.9 Å². The summed E-state index contributed by atoms with van der Waals surface area (Å²) in [5.74, 6) is -0.859. The molecule has 0 aliphatic carbocycles. The molecule has 3 N–H and O–H groups in total. The minimum atomic E-state index is -0.994. The predicted octanol–water partition coefficient (Wildman–Crippen LogP) is 1.02. The summed E-state index contributed by atoms with van der Waals surface area (Å²) in [6, 6.07) is 0. The van der Waals surface area contributed by atoms with Gasteiger partial charge in [-0.05, 0) is 13.3 Å². The van der Waals surface area contributed by atoms with E-state index < -0.39 is 5.97 Å². The van der Waals surface area contributed by atoms with E-state index in [0.717, 1.165) is 6.42 Å². The van der Waals surface area contributed by atoms with Gasteiger partial charge >= 0.3 is 5.97 Å². The fourth-order valence-electron chi connectivity index (χ4n) is 1.35. The first-order valence-electron chi connectivity index (χ1n) is 4.42. The van der Waals surface area contributed by atoms with Crippen LogP contribution in [0.3, 0.4) is 0 Å². The molecule has 0 amide bonds. The topological polar surface area (TPSA) is 89.1 Å². The molecule has 0 atom stereocenters. The Morgan fingerprint density at radius 3 is 2.64 bits per heavy atom. The molecule has 1 rings (SSSR count). The van der Waals surface area contributed by atoms with Crippen molar-refractivity contribution in [1.82, 2.24) is 9.97 Å². The second-order valence-corrected chi connectivity index (χ2v) is 3.04. The monoisotopic (exact) mass is 195 g/mol. The molecule has 1 aromatic heterocycles. The SMILES string of the molecule is CCCc1nc(N)nc(C)c1C(=O)O. The summed E-state index contributed by atoms with van der Waals surface area (Å²) in [6.07, 6.45) is 1.44. The lowest BCUT2D eigenvalue weighted by atomic mass is 10.1. The Kier molecular flexibility index (Phi) is 3.01. The summed E-state index contributed by atoms with van der Waals surface area (Å²) in [4.78, 5) is 18.7. The number of hydrogen-bond acceptors (Lipinski definition) is 4. The molecule has 0 radical (unpaired) electrons. The maximum absolute atomic E-state index is 10.9. The van der Waals surface area contributed by atoms with Crippen LogP contribution in [0.2, 0.25) is 0 Å². The average molecular weight is 195 g/mol. The summed E-state index contributed by atoms with van der Waals surface area (Å²) in [7, 11) is 0. The van der Waals surface area contributed by atoms with E-state index in [2.05, 4.69) is 9.97 Å². The molecule has 0 aromatic carbocycles. The van der Waals surface area contributed by atoms with E-state index in [1.807, 2.05) is 6.92 Å². The molecule has 0 aliphatic rings. The van der Waals surface area contributed by atoms with Gasteiger partial charge in [0.2, 0.25) is 5.95 Å². The van der Waals surface area contributed by atoms with E-state index in [0.29, 0.717) is 17.8 Å². The lowest BCUT2D eigenvalue weighted by Crippen LogP contribution is -2.11. The Labute approximate surface area is 82.0 Å².